The van der Waals surface area contributed by atoms with E-state index in [1.165, 1.54) is 13.3 Å². The minimum absolute atomic E-state index is 0.0981. The van der Waals surface area contributed by atoms with Crippen LogP contribution in [0, 0.1) is 0 Å². The second-order valence-corrected chi connectivity index (χ2v) is 10.7. The summed E-state index contributed by atoms with van der Waals surface area (Å²) < 4.78 is 5.71. The zero-order valence-electron chi connectivity index (χ0n) is 24.2. The average Bonchev–Trinajstić information content (AvgIpc) is 3.55. The van der Waals surface area contributed by atoms with E-state index in [-0.39, 0.29) is 40.2 Å². The monoisotopic (exact) mass is 613 g/mol. The van der Waals surface area contributed by atoms with Crippen molar-refractivity contribution in [3.05, 3.63) is 88.6 Å². The van der Waals surface area contributed by atoms with Gasteiger partial charge in [-0.2, -0.15) is 4.98 Å². The molecule has 1 saturated carbocycles. The average molecular weight is 614 g/mol. The molecule has 226 valence electrons. The Labute approximate surface area is 259 Å². The molecule has 1 heterocycles. The molecule has 1 fully saturated rings. The second kappa shape index (κ2) is 13.4. The SMILES string of the molecule is CNC(=O)c1ccc(-c2cc(OC)c(Nc3ncc(Cl)c(Nc4ccccc4C(N)=O)n3)cc2C(=O)NC2CCCC2)cc1. The van der Waals surface area contributed by atoms with Crippen LogP contribution < -0.4 is 31.7 Å². The van der Waals surface area contributed by atoms with Crippen LogP contribution in [0.1, 0.15) is 56.8 Å². The number of primary amides is 1. The lowest BCUT2D eigenvalue weighted by Crippen LogP contribution is -2.33. The number of para-hydroxylation sites is 1. The molecule has 0 radical (unpaired) electrons. The molecule has 0 atom stereocenters. The topological polar surface area (TPSA) is 160 Å². The molecular formula is C32H32ClN7O4. The fraction of sp³-hybridized carbons (Fsp3) is 0.219. The Balaban J connectivity index is 1.52. The van der Waals surface area contributed by atoms with E-state index in [2.05, 4.69) is 31.2 Å². The van der Waals surface area contributed by atoms with Gasteiger partial charge in [-0.1, -0.05) is 48.7 Å². The number of benzene rings is 3. The number of ether oxygens (including phenoxy) is 1. The van der Waals surface area contributed by atoms with Crippen molar-refractivity contribution < 1.29 is 19.1 Å². The van der Waals surface area contributed by atoms with Gasteiger partial charge in [0.05, 0.1) is 30.2 Å². The maximum Gasteiger partial charge on any atom is 0.252 e. The molecular weight excluding hydrogens is 582 g/mol. The van der Waals surface area contributed by atoms with Gasteiger partial charge in [0.25, 0.3) is 17.7 Å². The van der Waals surface area contributed by atoms with Gasteiger partial charge < -0.3 is 31.7 Å². The molecule has 3 aromatic carbocycles. The Hall–Kier alpha value is -5.16. The van der Waals surface area contributed by atoms with Gasteiger partial charge in [0.15, 0.2) is 5.82 Å². The molecule has 0 spiro atoms. The highest BCUT2D eigenvalue weighted by Crippen LogP contribution is 2.37. The molecule has 0 aliphatic heterocycles. The molecule has 0 saturated heterocycles. The fourth-order valence-corrected chi connectivity index (χ4v) is 5.26. The number of halogens is 1. The van der Waals surface area contributed by atoms with Gasteiger partial charge in [0.2, 0.25) is 5.95 Å². The predicted molar refractivity (Wildman–Crippen MR) is 170 cm³/mol. The number of amides is 3. The van der Waals surface area contributed by atoms with Crippen LogP contribution in [0.5, 0.6) is 5.75 Å². The minimum Gasteiger partial charge on any atom is -0.495 e. The smallest absolute Gasteiger partial charge is 0.252 e. The number of carbonyl (C=O) groups is 3. The maximum atomic E-state index is 13.7. The van der Waals surface area contributed by atoms with E-state index in [1.807, 2.05) is 0 Å². The summed E-state index contributed by atoms with van der Waals surface area (Å²) in [5.41, 5.74) is 8.95. The number of hydrogen-bond acceptors (Lipinski definition) is 8. The third-order valence-electron chi connectivity index (χ3n) is 7.40. The van der Waals surface area contributed by atoms with Crippen molar-refractivity contribution in [2.75, 3.05) is 24.8 Å². The summed E-state index contributed by atoms with van der Waals surface area (Å²) in [5.74, 6) is -0.202. The first kappa shape index (κ1) is 30.3. The number of anilines is 4. The summed E-state index contributed by atoms with van der Waals surface area (Å²) in [6.07, 6.45) is 5.41. The predicted octanol–water partition coefficient (Wildman–Crippen LogP) is 5.42. The largest absolute Gasteiger partial charge is 0.495 e. The Morgan fingerprint density at radius 3 is 2.34 bits per heavy atom. The molecule has 6 N–H and O–H groups in total. The minimum atomic E-state index is -0.604. The zero-order chi connectivity index (χ0) is 31.2. The highest BCUT2D eigenvalue weighted by molar-refractivity contribution is 6.33. The third-order valence-corrected chi connectivity index (χ3v) is 7.67. The van der Waals surface area contributed by atoms with E-state index in [4.69, 9.17) is 22.1 Å². The lowest BCUT2D eigenvalue weighted by Gasteiger charge is -2.19. The lowest BCUT2D eigenvalue weighted by molar-refractivity contribution is 0.0935. The Kier molecular flexibility index (Phi) is 9.25. The molecule has 0 unspecified atom stereocenters. The van der Waals surface area contributed by atoms with Crippen molar-refractivity contribution in [3.8, 4) is 16.9 Å². The van der Waals surface area contributed by atoms with E-state index < -0.39 is 5.91 Å². The van der Waals surface area contributed by atoms with Crippen molar-refractivity contribution in [1.29, 1.82) is 0 Å². The van der Waals surface area contributed by atoms with Gasteiger partial charge in [-0.3, -0.25) is 14.4 Å². The van der Waals surface area contributed by atoms with Gasteiger partial charge in [-0.05, 0) is 60.4 Å². The van der Waals surface area contributed by atoms with Gasteiger partial charge in [-0.25, -0.2) is 4.98 Å². The lowest BCUT2D eigenvalue weighted by atomic mass is 9.96. The number of rotatable bonds is 10. The number of aromatic nitrogens is 2. The quantitative estimate of drug-likeness (QED) is 0.158. The van der Waals surface area contributed by atoms with Gasteiger partial charge in [-0.15, -0.1) is 0 Å². The molecule has 1 aliphatic carbocycles. The number of nitrogens with zero attached hydrogens (tertiary/aromatic N) is 2. The fourth-order valence-electron chi connectivity index (χ4n) is 5.12. The Morgan fingerprint density at radius 2 is 1.66 bits per heavy atom. The van der Waals surface area contributed by atoms with Crippen molar-refractivity contribution >= 4 is 52.5 Å². The van der Waals surface area contributed by atoms with E-state index >= 15 is 0 Å². The number of nitrogens with one attached hydrogen (secondary N) is 4. The van der Waals surface area contributed by atoms with Crippen LogP contribution in [0.3, 0.4) is 0 Å². The number of hydrogen-bond donors (Lipinski definition) is 5. The van der Waals surface area contributed by atoms with Crippen LogP contribution in [0.15, 0.2) is 66.9 Å². The first-order chi connectivity index (χ1) is 21.3. The van der Waals surface area contributed by atoms with E-state index in [0.29, 0.717) is 33.8 Å². The van der Waals surface area contributed by atoms with Gasteiger partial charge in [0, 0.05) is 24.2 Å². The van der Waals surface area contributed by atoms with Gasteiger partial charge in [0.1, 0.15) is 10.8 Å². The summed E-state index contributed by atoms with van der Waals surface area (Å²) >= 11 is 6.38. The van der Waals surface area contributed by atoms with Crippen molar-refractivity contribution in [2.24, 2.45) is 5.73 Å². The third kappa shape index (κ3) is 6.73. The van der Waals surface area contributed by atoms with Crippen LogP contribution >= 0.6 is 11.6 Å². The molecule has 1 aliphatic rings. The van der Waals surface area contributed by atoms with Crippen LogP contribution in [0.4, 0.5) is 23.1 Å². The van der Waals surface area contributed by atoms with Crippen molar-refractivity contribution in [2.45, 2.75) is 31.7 Å². The van der Waals surface area contributed by atoms with E-state index in [1.54, 1.807) is 67.7 Å². The molecule has 0 bridgehead atoms. The second-order valence-electron chi connectivity index (χ2n) is 10.3. The normalized spacial score (nSPS) is 12.8. The highest BCUT2D eigenvalue weighted by atomic mass is 35.5. The first-order valence-electron chi connectivity index (χ1n) is 14.1. The molecule has 11 nitrogen and oxygen atoms in total. The summed E-state index contributed by atoms with van der Waals surface area (Å²) in [4.78, 5) is 46.5. The molecule has 3 amide bonds. The summed E-state index contributed by atoms with van der Waals surface area (Å²) in [6, 6.07) is 17.3. The van der Waals surface area contributed by atoms with E-state index in [9.17, 15) is 14.4 Å². The number of nitrogens with two attached hydrogens (primary N) is 1. The number of carbonyl (C=O) groups excluding carboxylic acids is 3. The summed E-state index contributed by atoms with van der Waals surface area (Å²) in [6.45, 7) is 0. The van der Waals surface area contributed by atoms with Crippen molar-refractivity contribution in [1.82, 2.24) is 20.6 Å². The molecule has 1 aromatic heterocycles. The van der Waals surface area contributed by atoms with E-state index in [0.717, 1.165) is 31.2 Å². The summed E-state index contributed by atoms with van der Waals surface area (Å²) in [7, 11) is 3.09. The molecule has 44 heavy (non-hydrogen) atoms. The Bertz CT molecular complexity index is 1710. The van der Waals surface area contributed by atoms with Crippen molar-refractivity contribution in [3.63, 3.8) is 0 Å². The van der Waals surface area contributed by atoms with Crippen LogP contribution in [-0.4, -0.2) is 47.9 Å². The first-order valence-corrected chi connectivity index (χ1v) is 14.5. The molecule has 12 heteroatoms. The summed E-state index contributed by atoms with van der Waals surface area (Å²) in [5, 5.41) is 12.2. The highest BCUT2D eigenvalue weighted by Gasteiger charge is 2.23. The maximum absolute atomic E-state index is 13.7. The van der Waals surface area contributed by atoms with Crippen LogP contribution in [0.2, 0.25) is 5.02 Å². The zero-order valence-corrected chi connectivity index (χ0v) is 25.0. The Morgan fingerprint density at radius 1 is 0.932 bits per heavy atom. The van der Waals surface area contributed by atoms with Crippen LogP contribution in [0.25, 0.3) is 11.1 Å². The standard InChI is InChI=1S/C32H32ClN7O4/c1-35-30(42)19-13-11-18(12-14-19)22-16-27(44-2)26(15-23(22)31(43)37-20-7-3-4-8-20)39-32-36-17-24(33)29(40-32)38-25-10-6-5-9-21(25)28(34)41/h5-6,9-17,20H,3-4,7-8H2,1-2H3,(H2,34,41)(H,35,42)(H,37,43)(H2,36,38,39,40). The number of methoxy groups -OCH3 is 1. The molecule has 5 rings (SSSR count). The van der Waals surface area contributed by atoms with Gasteiger partial charge >= 0.3 is 0 Å². The van der Waals surface area contributed by atoms with Crippen LogP contribution in [-0.2, 0) is 0 Å². The molecule has 4 aromatic rings.